The van der Waals surface area contributed by atoms with E-state index in [0.29, 0.717) is 11.6 Å². The van der Waals surface area contributed by atoms with Gasteiger partial charge in [0, 0.05) is 18.0 Å². The first kappa shape index (κ1) is 17.1. The molecule has 0 amide bonds. The van der Waals surface area contributed by atoms with Crippen LogP contribution in [0.1, 0.15) is 31.9 Å². The molecular formula is C17H21N3O2S. The molecule has 1 heterocycles. The van der Waals surface area contributed by atoms with E-state index >= 15 is 0 Å². The lowest BCUT2D eigenvalue weighted by Crippen LogP contribution is -2.20. The van der Waals surface area contributed by atoms with Gasteiger partial charge in [0.15, 0.2) is 0 Å². The van der Waals surface area contributed by atoms with E-state index in [0.717, 1.165) is 17.5 Å². The van der Waals surface area contributed by atoms with E-state index in [1.165, 1.54) is 0 Å². The molecule has 0 atom stereocenters. The standard InChI is InChI=1S/C17H21N3O2S/c1-13(2)12-15-4-6-17(7-5-15)23(21,22)20-19-14(3)16-8-10-18-11-9-16/h4-11,13,20H,12H2,1-3H3. The van der Waals surface area contributed by atoms with Gasteiger partial charge in [-0.15, -0.1) is 0 Å². The summed E-state index contributed by atoms with van der Waals surface area (Å²) in [6.45, 7) is 6.00. The average molecular weight is 331 g/mol. The van der Waals surface area contributed by atoms with Gasteiger partial charge in [-0.2, -0.15) is 18.4 Å². The maximum Gasteiger partial charge on any atom is 0.276 e. The van der Waals surface area contributed by atoms with Gasteiger partial charge in [0.25, 0.3) is 10.0 Å². The Morgan fingerprint density at radius 2 is 1.74 bits per heavy atom. The molecule has 122 valence electrons. The van der Waals surface area contributed by atoms with Gasteiger partial charge in [-0.3, -0.25) is 4.98 Å². The first-order chi connectivity index (χ1) is 10.9. The van der Waals surface area contributed by atoms with Crippen LogP contribution in [0, 0.1) is 5.92 Å². The number of benzene rings is 1. The van der Waals surface area contributed by atoms with E-state index in [9.17, 15) is 8.42 Å². The lowest BCUT2D eigenvalue weighted by molar-refractivity contribution is 0.584. The van der Waals surface area contributed by atoms with Crippen molar-refractivity contribution in [1.82, 2.24) is 9.82 Å². The minimum Gasteiger partial charge on any atom is -0.265 e. The van der Waals surface area contributed by atoms with Crippen molar-refractivity contribution in [2.75, 3.05) is 0 Å². The molecule has 0 unspecified atom stereocenters. The SMILES string of the molecule is CC(=NNS(=O)(=O)c1ccc(CC(C)C)cc1)c1ccncc1. The summed E-state index contributed by atoms with van der Waals surface area (Å²) in [6.07, 6.45) is 4.19. The fraction of sp³-hybridized carbons (Fsp3) is 0.294. The molecule has 0 aliphatic rings. The molecule has 0 spiro atoms. The van der Waals surface area contributed by atoms with Gasteiger partial charge in [0.2, 0.25) is 0 Å². The van der Waals surface area contributed by atoms with E-state index in [2.05, 4.69) is 28.8 Å². The molecule has 0 fully saturated rings. The number of sulfonamides is 1. The minimum atomic E-state index is -3.66. The number of aromatic nitrogens is 1. The molecule has 0 aliphatic heterocycles. The highest BCUT2D eigenvalue weighted by Crippen LogP contribution is 2.13. The summed E-state index contributed by atoms with van der Waals surface area (Å²) in [7, 11) is -3.66. The zero-order chi connectivity index (χ0) is 16.9. The Bertz CT molecular complexity index is 767. The molecule has 23 heavy (non-hydrogen) atoms. The Hall–Kier alpha value is -2.21. The molecule has 1 aromatic carbocycles. The zero-order valence-electron chi connectivity index (χ0n) is 13.5. The maximum absolute atomic E-state index is 12.3. The number of hydrogen-bond acceptors (Lipinski definition) is 4. The lowest BCUT2D eigenvalue weighted by Gasteiger charge is -2.08. The Labute approximate surface area is 137 Å². The molecule has 0 saturated carbocycles. The summed E-state index contributed by atoms with van der Waals surface area (Å²) in [5.41, 5.74) is 2.51. The summed E-state index contributed by atoms with van der Waals surface area (Å²) < 4.78 is 24.5. The summed E-state index contributed by atoms with van der Waals surface area (Å²) in [4.78, 5) is 6.40. The normalized spacial score (nSPS) is 12.4. The Morgan fingerprint density at radius 3 is 2.30 bits per heavy atom. The molecule has 0 radical (unpaired) electrons. The molecule has 2 rings (SSSR count). The van der Waals surface area contributed by atoms with Crippen molar-refractivity contribution < 1.29 is 8.42 Å². The van der Waals surface area contributed by atoms with Crippen molar-refractivity contribution in [3.05, 3.63) is 59.9 Å². The van der Waals surface area contributed by atoms with E-state index < -0.39 is 10.0 Å². The highest BCUT2D eigenvalue weighted by molar-refractivity contribution is 7.89. The Morgan fingerprint density at radius 1 is 1.13 bits per heavy atom. The topological polar surface area (TPSA) is 71.4 Å². The van der Waals surface area contributed by atoms with Crippen LogP contribution in [-0.2, 0) is 16.4 Å². The third-order valence-electron chi connectivity index (χ3n) is 3.31. The van der Waals surface area contributed by atoms with Crippen LogP contribution in [0.25, 0.3) is 0 Å². The predicted octanol–water partition coefficient (Wildman–Crippen LogP) is 2.98. The van der Waals surface area contributed by atoms with Crippen molar-refractivity contribution in [3.8, 4) is 0 Å². The van der Waals surface area contributed by atoms with Gasteiger partial charge < -0.3 is 0 Å². The van der Waals surface area contributed by atoms with Crippen molar-refractivity contribution in [1.29, 1.82) is 0 Å². The first-order valence-corrected chi connectivity index (χ1v) is 8.92. The number of rotatable bonds is 6. The van der Waals surface area contributed by atoms with Crippen molar-refractivity contribution in [3.63, 3.8) is 0 Å². The second-order valence-electron chi connectivity index (χ2n) is 5.77. The van der Waals surface area contributed by atoms with Gasteiger partial charge in [-0.1, -0.05) is 26.0 Å². The van der Waals surface area contributed by atoms with Crippen LogP contribution in [0.2, 0.25) is 0 Å². The molecule has 0 saturated heterocycles. The summed E-state index contributed by atoms with van der Waals surface area (Å²) in [6, 6.07) is 10.4. The van der Waals surface area contributed by atoms with Crippen LogP contribution < -0.4 is 4.83 Å². The molecule has 1 N–H and O–H groups in total. The number of hydrogen-bond donors (Lipinski definition) is 1. The van der Waals surface area contributed by atoms with Crippen LogP contribution in [0.15, 0.2) is 58.8 Å². The van der Waals surface area contributed by atoms with Crippen LogP contribution in [0.3, 0.4) is 0 Å². The molecular weight excluding hydrogens is 310 g/mol. The molecule has 0 aliphatic carbocycles. The highest BCUT2D eigenvalue weighted by Gasteiger charge is 2.13. The molecule has 2 aromatic rings. The quantitative estimate of drug-likeness (QED) is 0.653. The molecule has 1 aromatic heterocycles. The van der Waals surface area contributed by atoms with Crippen LogP contribution in [0.5, 0.6) is 0 Å². The van der Waals surface area contributed by atoms with E-state index in [1.54, 1.807) is 43.6 Å². The van der Waals surface area contributed by atoms with Crippen molar-refractivity contribution in [2.45, 2.75) is 32.1 Å². The first-order valence-electron chi connectivity index (χ1n) is 7.44. The van der Waals surface area contributed by atoms with E-state index in [-0.39, 0.29) is 4.90 Å². The van der Waals surface area contributed by atoms with Crippen LogP contribution in [-0.4, -0.2) is 19.1 Å². The number of nitrogens with one attached hydrogen (secondary N) is 1. The fourth-order valence-corrected chi connectivity index (χ4v) is 2.97. The van der Waals surface area contributed by atoms with Gasteiger partial charge in [-0.25, -0.2) is 0 Å². The minimum absolute atomic E-state index is 0.205. The van der Waals surface area contributed by atoms with Gasteiger partial charge in [-0.05, 0) is 49.1 Å². The number of hydrazone groups is 1. The second kappa shape index (κ2) is 7.37. The van der Waals surface area contributed by atoms with Crippen LogP contribution >= 0.6 is 0 Å². The zero-order valence-corrected chi connectivity index (χ0v) is 14.3. The maximum atomic E-state index is 12.3. The predicted molar refractivity (Wildman–Crippen MR) is 91.8 cm³/mol. The van der Waals surface area contributed by atoms with Gasteiger partial charge in [0.05, 0.1) is 10.6 Å². The second-order valence-corrected chi connectivity index (χ2v) is 7.43. The van der Waals surface area contributed by atoms with Crippen molar-refractivity contribution in [2.24, 2.45) is 11.0 Å². The number of nitrogens with zero attached hydrogens (tertiary/aromatic N) is 2. The Kier molecular flexibility index (Phi) is 5.50. The van der Waals surface area contributed by atoms with Gasteiger partial charge >= 0.3 is 0 Å². The molecule has 5 nitrogen and oxygen atoms in total. The lowest BCUT2D eigenvalue weighted by atomic mass is 10.0. The average Bonchev–Trinajstić information content (AvgIpc) is 2.53. The summed E-state index contributed by atoms with van der Waals surface area (Å²) >= 11 is 0. The number of pyridine rings is 1. The smallest absolute Gasteiger partial charge is 0.265 e. The third-order valence-corrected chi connectivity index (χ3v) is 4.53. The summed E-state index contributed by atoms with van der Waals surface area (Å²) in [5.74, 6) is 0.531. The molecule has 0 bridgehead atoms. The monoisotopic (exact) mass is 331 g/mol. The van der Waals surface area contributed by atoms with Crippen molar-refractivity contribution >= 4 is 15.7 Å². The molecule has 6 heteroatoms. The fourth-order valence-electron chi connectivity index (χ4n) is 2.12. The van der Waals surface area contributed by atoms with Crippen LogP contribution in [0.4, 0.5) is 0 Å². The largest absolute Gasteiger partial charge is 0.276 e. The van der Waals surface area contributed by atoms with E-state index in [4.69, 9.17) is 0 Å². The van der Waals surface area contributed by atoms with E-state index in [1.807, 2.05) is 12.1 Å². The third kappa shape index (κ3) is 4.89. The van der Waals surface area contributed by atoms with Gasteiger partial charge in [0.1, 0.15) is 0 Å². The Balaban J connectivity index is 2.12. The highest BCUT2D eigenvalue weighted by atomic mass is 32.2. The summed E-state index contributed by atoms with van der Waals surface area (Å²) in [5, 5.41) is 3.96.